The molecule has 1 saturated heterocycles. The van der Waals surface area contributed by atoms with Crippen molar-refractivity contribution >= 4 is 6.41 Å². The molecule has 3 rings (SSSR count). The molecular formula is C17H23NO4. The van der Waals surface area contributed by atoms with E-state index in [4.69, 9.17) is 14.2 Å². The van der Waals surface area contributed by atoms with Gasteiger partial charge in [0, 0.05) is 26.5 Å². The van der Waals surface area contributed by atoms with Gasteiger partial charge in [-0.1, -0.05) is 30.3 Å². The van der Waals surface area contributed by atoms with Gasteiger partial charge in [0.25, 0.3) is 0 Å². The van der Waals surface area contributed by atoms with Crippen LogP contribution in [0.25, 0.3) is 0 Å². The van der Waals surface area contributed by atoms with E-state index in [0.29, 0.717) is 26.2 Å². The van der Waals surface area contributed by atoms with E-state index in [9.17, 15) is 4.79 Å². The predicted molar refractivity (Wildman–Crippen MR) is 81.1 cm³/mol. The average molecular weight is 305 g/mol. The molecule has 5 heteroatoms. The van der Waals surface area contributed by atoms with Crippen molar-refractivity contribution in [2.24, 2.45) is 0 Å². The molecule has 22 heavy (non-hydrogen) atoms. The molecule has 1 spiro atoms. The first-order valence-electron chi connectivity index (χ1n) is 7.82. The van der Waals surface area contributed by atoms with E-state index in [1.165, 1.54) is 0 Å². The number of hydrogen-bond donors (Lipinski definition) is 0. The molecule has 120 valence electrons. The van der Waals surface area contributed by atoms with Gasteiger partial charge < -0.3 is 19.1 Å². The highest BCUT2D eigenvalue weighted by atomic mass is 16.7. The third kappa shape index (κ3) is 3.16. The second-order valence-corrected chi connectivity index (χ2v) is 5.96. The smallest absolute Gasteiger partial charge is 0.210 e. The van der Waals surface area contributed by atoms with Gasteiger partial charge in [0.05, 0.1) is 25.4 Å². The molecule has 0 aromatic heterocycles. The average Bonchev–Trinajstić information content (AvgIpc) is 3.01. The Bertz CT molecular complexity index is 487. The first-order valence-corrected chi connectivity index (χ1v) is 7.82. The monoisotopic (exact) mass is 305 g/mol. The van der Waals surface area contributed by atoms with Crippen molar-refractivity contribution in [3.8, 4) is 0 Å². The summed E-state index contributed by atoms with van der Waals surface area (Å²) in [7, 11) is 1.71. The minimum absolute atomic E-state index is 0.0207. The summed E-state index contributed by atoms with van der Waals surface area (Å²) in [4.78, 5) is 13.5. The number of rotatable bonds is 5. The Balaban J connectivity index is 1.76. The fraction of sp³-hybridized carbons (Fsp3) is 0.588. The highest BCUT2D eigenvalue weighted by Crippen LogP contribution is 2.38. The fourth-order valence-electron chi connectivity index (χ4n) is 3.50. The summed E-state index contributed by atoms with van der Waals surface area (Å²) >= 11 is 0. The Hall–Kier alpha value is -1.43. The molecule has 1 heterocycles. The topological polar surface area (TPSA) is 48.0 Å². The number of carbonyl (C=O) groups is 1. The molecular weight excluding hydrogens is 282 g/mol. The van der Waals surface area contributed by atoms with Crippen LogP contribution in [0.3, 0.4) is 0 Å². The van der Waals surface area contributed by atoms with Crippen LogP contribution in [0.5, 0.6) is 0 Å². The van der Waals surface area contributed by atoms with Crippen LogP contribution < -0.4 is 0 Å². The minimum Gasteiger partial charge on any atom is -0.379 e. The molecule has 0 radical (unpaired) electrons. The molecule has 1 amide bonds. The zero-order chi connectivity index (χ0) is 15.4. The summed E-state index contributed by atoms with van der Waals surface area (Å²) < 4.78 is 17.3. The molecule has 0 N–H and O–H groups in total. The highest BCUT2D eigenvalue weighted by molar-refractivity contribution is 5.48. The van der Waals surface area contributed by atoms with Crippen LogP contribution in [0.15, 0.2) is 30.3 Å². The highest BCUT2D eigenvalue weighted by Gasteiger charge is 2.47. The first-order chi connectivity index (χ1) is 10.8. The van der Waals surface area contributed by atoms with Gasteiger partial charge in [0.1, 0.15) is 0 Å². The van der Waals surface area contributed by atoms with Crippen LogP contribution >= 0.6 is 0 Å². The van der Waals surface area contributed by atoms with Crippen molar-refractivity contribution in [1.29, 1.82) is 0 Å². The van der Waals surface area contributed by atoms with Crippen LogP contribution in [-0.2, 0) is 25.5 Å². The second kappa shape index (κ2) is 6.77. The lowest BCUT2D eigenvalue weighted by Gasteiger charge is -2.44. The van der Waals surface area contributed by atoms with E-state index in [1.807, 2.05) is 35.2 Å². The third-order valence-electron chi connectivity index (χ3n) is 4.64. The minimum atomic E-state index is -0.530. The zero-order valence-corrected chi connectivity index (χ0v) is 12.9. The first kappa shape index (κ1) is 15.5. The molecule has 2 atom stereocenters. The van der Waals surface area contributed by atoms with E-state index in [-0.39, 0.29) is 12.1 Å². The quantitative estimate of drug-likeness (QED) is 0.780. The Kier molecular flexibility index (Phi) is 4.76. The van der Waals surface area contributed by atoms with Crippen LogP contribution in [0, 0.1) is 0 Å². The number of ether oxygens (including phenoxy) is 3. The van der Waals surface area contributed by atoms with Gasteiger partial charge in [-0.15, -0.1) is 0 Å². The normalized spacial score (nSPS) is 27.0. The molecule has 1 aliphatic heterocycles. The van der Waals surface area contributed by atoms with Crippen molar-refractivity contribution in [2.45, 2.75) is 43.7 Å². The molecule has 1 aromatic carbocycles. The molecule has 0 bridgehead atoms. The van der Waals surface area contributed by atoms with Crippen molar-refractivity contribution in [2.75, 3.05) is 20.3 Å². The van der Waals surface area contributed by atoms with Gasteiger partial charge in [-0.2, -0.15) is 0 Å². The number of carbonyl (C=O) groups excluding carboxylic acids is 1. The van der Waals surface area contributed by atoms with Crippen molar-refractivity contribution in [3.05, 3.63) is 35.9 Å². The predicted octanol–water partition coefficient (Wildman–Crippen LogP) is 1.96. The summed E-state index contributed by atoms with van der Waals surface area (Å²) in [5.41, 5.74) is 1.11. The maximum Gasteiger partial charge on any atom is 0.210 e. The molecule has 2 aliphatic rings. The van der Waals surface area contributed by atoms with Gasteiger partial charge in [-0.25, -0.2) is 0 Å². The van der Waals surface area contributed by atoms with Gasteiger partial charge >= 0.3 is 0 Å². The zero-order valence-electron chi connectivity index (χ0n) is 12.9. The largest absolute Gasteiger partial charge is 0.379 e. The summed E-state index contributed by atoms with van der Waals surface area (Å²) in [5.74, 6) is -0.530. The molecule has 2 fully saturated rings. The lowest BCUT2D eigenvalue weighted by atomic mass is 9.86. The Labute approximate surface area is 131 Å². The Morgan fingerprint density at radius 3 is 2.68 bits per heavy atom. The molecule has 5 nitrogen and oxygen atoms in total. The van der Waals surface area contributed by atoms with Crippen LogP contribution in [0.1, 0.15) is 24.8 Å². The molecule has 1 saturated carbocycles. The summed E-state index contributed by atoms with van der Waals surface area (Å²) in [6.45, 7) is 1.83. The van der Waals surface area contributed by atoms with Crippen LogP contribution in [0.2, 0.25) is 0 Å². The second-order valence-electron chi connectivity index (χ2n) is 5.96. The Morgan fingerprint density at radius 2 is 2.05 bits per heavy atom. The number of amides is 1. The SMILES string of the molecule is COC1CCC2(CC1N(C=O)Cc1ccccc1)OCCO2. The molecule has 1 aromatic rings. The number of nitrogens with zero attached hydrogens (tertiary/aromatic N) is 1. The lowest BCUT2D eigenvalue weighted by Crippen LogP contribution is -2.53. The molecule has 1 aliphatic carbocycles. The van der Waals surface area contributed by atoms with E-state index in [0.717, 1.165) is 24.8 Å². The van der Waals surface area contributed by atoms with Crippen molar-refractivity contribution in [1.82, 2.24) is 4.90 Å². The lowest BCUT2D eigenvalue weighted by molar-refractivity contribution is -0.207. The van der Waals surface area contributed by atoms with Gasteiger partial charge in [-0.3, -0.25) is 4.79 Å². The summed E-state index contributed by atoms with van der Waals surface area (Å²) in [5, 5.41) is 0. The summed E-state index contributed by atoms with van der Waals surface area (Å²) in [6.07, 6.45) is 3.25. The van der Waals surface area contributed by atoms with Gasteiger partial charge in [-0.05, 0) is 12.0 Å². The number of benzene rings is 1. The maximum atomic E-state index is 11.7. The number of methoxy groups -OCH3 is 1. The van der Waals surface area contributed by atoms with Gasteiger partial charge in [0.15, 0.2) is 5.79 Å². The van der Waals surface area contributed by atoms with Crippen LogP contribution in [0.4, 0.5) is 0 Å². The van der Waals surface area contributed by atoms with Crippen molar-refractivity contribution in [3.63, 3.8) is 0 Å². The Morgan fingerprint density at radius 1 is 1.32 bits per heavy atom. The standard InChI is InChI=1S/C17H23NO4/c1-20-16-7-8-17(21-9-10-22-17)11-15(16)18(13-19)12-14-5-3-2-4-6-14/h2-6,13,15-16H,7-12H2,1H3. The van der Waals surface area contributed by atoms with E-state index in [1.54, 1.807) is 7.11 Å². The summed E-state index contributed by atoms with van der Waals surface area (Å²) in [6, 6.07) is 9.96. The van der Waals surface area contributed by atoms with E-state index >= 15 is 0 Å². The van der Waals surface area contributed by atoms with Crippen LogP contribution in [-0.4, -0.2) is 49.6 Å². The maximum absolute atomic E-state index is 11.7. The molecule has 2 unspecified atom stereocenters. The van der Waals surface area contributed by atoms with Crippen molar-refractivity contribution < 1.29 is 19.0 Å². The van der Waals surface area contributed by atoms with Gasteiger partial charge in [0.2, 0.25) is 6.41 Å². The third-order valence-corrected chi connectivity index (χ3v) is 4.64. The number of hydrogen-bond acceptors (Lipinski definition) is 4. The van der Waals surface area contributed by atoms with E-state index in [2.05, 4.69) is 0 Å². The fourth-order valence-corrected chi connectivity index (χ4v) is 3.50. The van der Waals surface area contributed by atoms with E-state index < -0.39 is 5.79 Å².